The maximum atomic E-state index is 12.7. The van der Waals surface area contributed by atoms with E-state index in [-0.39, 0.29) is 23.8 Å². The van der Waals surface area contributed by atoms with E-state index in [4.69, 9.17) is 5.11 Å². The molecule has 6 nitrogen and oxygen atoms in total. The summed E-state index contributed by atoms with van der Waals surface area (Å²) in [5, 5.41) is 12.1. The molecule has 0 aliphatic carbocycles. The number of rotatable bonds is 4. The van der Waals surface area contributed by atoms with E-state index in [2.05, 4.69) is 5.32 Å². The van der Waals surface area contributed by atoms with Crippen LogP contribution in [0, 0.1) is 13.8 Å². The van der Waals surface area contributed by atoms with Gasteiger partial charge in [0.15, 0.2) is 0 Å². The monoisotopic (exact) mass is 338 g/mol. The number of nitrogens with zero attached hydrogens (tertiary/aromatic N) is 1. The number of nitrogens with one attached hydrogen (secondary N) is 1. The highest BCUT2D eigenvalue weighted by Crippen LogP contribution is 2.26. The Morgan fingerprint density at radius 2 is 1.80 bits per heavy atom. The van der Waals surface area contributed by atoms with Crippen molar-refractivity contribution in [1.82, 2.24) is 0 Å². The first kappa shape index (κ1) is 16.7. The van der Waals surface area contributed by atoms with Crippen LogP contribution in [0.5, 0.6) is 0 Å². The number of carboxylic acids is 1. The van der Waals surface area contributed by atoms with E-state index in [1.54, 1.807) is 0 Å². The van der Waals surface area contributed by atoms with Crippen LogP contribution in [0.25, 0.3) is 0 Å². The summed E-state index contributed by atoms with van der Waals surface area (Å²) in [6.45, 7) is 3.90. The molecule has 1 atom stereocenters. The third-order valence-electron chi connectivity index (χ3n) is 4.24. The molecule has 0 spiro atoms. The maximum absolute atomic E-state index is 12.7. The van der Waals surface area contributed by atoms with Crippen molar-refractivity contribution in [2.75, 3.05) is 10.2 Å². The van der Waals surface area contributed by atoms with E-state index in [9.17, 15) is 14.4 Å². The highest BCUT2D eigenvalue weighted by molar-refractivity contribution is 6.23. The Morgan fingerprint density at radius 3 is 2.44 bits per heavy atom. The number of benzene rings is 2. The van der Waals surface area contributed by atoms with E-state index in [1.165, 1.54) is 24.3 Å². The Balaban J connectivity index is 1.82. The van der Waals surface area contributed by atoms with Crippen LogP contribution in [0.4, 0.5) is 11.4 Å². The minimum Gasteiger partial charge on any atom is -0.478 e. The summed E-state index contributed by atoms with van der Waals surface area (Å²) in [6.07, 6.45) is 0.0624. The van der Waals surface area contributed by atoms with Gasteiger partial charge in [0.1, 0.15) is 6.04 Å². The Labute approximate surface area is 145 Å². The van der Waals surface area contributed by atoms with E-state index >= 15 is 0 Å². The maximum Gasteiger partial charge on any atom is 0.335 e. The molecular formula is C19H18N2O4. The van der Waals surface area contributed by atoms with Gasteiger partial charge in [-0.05, 0) is 55.3 Å². The Bertz CT molecular complexity index is 858. The van der Waals surface area contributed by atoms with Gasteiger partial charge < -0.3 is 10.4 Å². The molecule has 0 bridgehead atoms. The topological polar surface area (TPSA) is 86.7 Å². The Kier molecular flexibility index (Phi) is 4.27. The van der Waals surface area contributed by atoms with E-state index in [0.717, 1.165) is 21.7 Å². The summed E-state index contributed by atoms with van der Waals surface area (Å²) in [4.78, 5) is 37.0. The number of carboxylic acid groups (broad SMARTS) is 1. The number of carbonyl (C=O) groups excluding carboxylic acids is 2. The van der Waals surface area contributed by atoms with Crippen LogP contribution in [0.15, 0.2) is 42.5 Å². The van der Waals surface area contributed by atoms with Crippen molar-refractivity contribution in [3.8, 4) is 0 Å². The minimum absolute atomic E-state index is 0.0624. The lowest BCUT2D eigenvalue weighted by Gasteiger charge is -2.17. The van der Waals surface area contributed by atoms with Gasteiger partial charge in [0.25, 0.3) is 5.91 Å². The molecule has 2 amide bonds. The number of amides is 2. The predicted octanol–water partition coefficient (Wildman–Crippen LogP) is 2.75. The van der Waals surface area contributed by atoms with Crippen LogP contribution < -0.4 is 10.2 Å². The average molecular weight is 338 g/mol. The number of aromatic carboxylic acids is 1. The molecule has 0 saturated carbocycles. The lowest BCUT2D eigenvalue weighted by molar-refractivity contribution is -0.121. The number of anilines is 2. The third-order valence-corrected chi connectivity index (χ3v) is 4.24. The van der Waals surface area contributed by atoms with Gasteiger partial charge in [-0.1, -0.05) is 12.1 Å². The highest BCUT2D eigenvalue weighted by atomic mass is 16.4. The van der Waals surface area contributed by atoms with E-state index < -0.39 is 12.0 Å². The SMILES string of the molecule is Cc1ccc(C)c(N[C@H]2CC(=O)N(c3ccc(C(=O)O)cc3)C2=O)c1. The molecule has 6 heteroatoms. The second-order valence-corrected chi connectivity index (χ2v) is 6.14. The fraction of sp³-hybridized carbons (Fsp3) is 0.211. The van der Waals surface area contributed by atoms with Crippen LogP contribution >= 0.6 is 0 Å². The molecule has 2 aromatic rings. The fourth-order valence-corrected chi connectivity index (χ4v) is 2.85. The van der Waals surface area contributed by atoms with Crippen LogP contribution in [0.1, 0.15) is 27.9 Å². The van der Waals surface area contributed by atoms with Gasteiger partial charge >= 0.3 is 5.97 Å². The average Bonchev–Trinajstić information content (AvgIpc) is 2.85. The molecule has 2 N–H and O–H groups in total. The Hall–Kier alpha value is -3.15. The molecule has 0 aromatic heterocycles. The van der Waals surface area contributed by atoms with Crippen molar-refractivity contribution in [3.05, 3.63) is 59.2 Å². The first-order valence-corrected chi connectivity index (χ1v) is 7.91. The van der Waals surface area contributed by atoms with Crippen LogP contribution in [-0.2, 0) is 9.59 Å². The quantitative estimate of drug-likeness (QED) is 0.837. The zero-order chi connectivity index (χ0) is 18.1. The second kappa shape index (κ2) is 6.39. The van der Waals surface area contributed by atoms with Gasteiger partial charge in [0.2, 0.25) is 5.91 Å². The molecular weight excluding hydrogens is 320 g/mol. The number of carbonyl (C=O) groups is 3. The second-order valence-electron chi connectivity index (χ2n) is 6.14. The summed E-state index contributed by atoms with van der Waals surface area (Å²) in [5.41, 5.74) is 3.37. The number of imide groups is 1. The van der Waals surface area contributed by atoms with Gasteiger partial charge in [-0.3, -0.25) is 9.59 Å². The summed E-state index contributed by atoms with van der Waals surface area (Å²) in [7, 11) is 0. The lowest BCUT2D eigenvalue weighted by Crippen LogP contribution is -2.35. The minimum atomic E-state index is -1.06. The summed E-state index contributed by atoms with van der Waals surface area (Å²) in [6, 6.07) is 11.0. The summed E-state index contributed by atoms with van der Waals surface area (Å²) in [5.74, 6) is -1.70. The predicted molar refractivity (Wildman–Crippen MR) is 93.8 cm³/mol. The van der Waals surface area contributed by atoms with Crippen LogP contribution in [0.3, 0.4) is 0 Å². The van der Waals surface area contributed by atoms with Crippen molar-refractivity contribution >= 4 is 29.2 Å². The molecule has 1 heterocycles. The number of hydrogen-bond donors (Lipinski definition) is 2. The number of aryl methyl sites for hydroxylation is 2. The zero-order valence-corrected chi connectivity index (χ0v) is 13.9. The van der Waals surface area contributed by atoms with Gasteiger partial charge in [0.05, 0.1) is 17.7 Å². The van der Waals surface area contributed by atoms with E-state index in [1.807, 2.05) is 32.0 Å². The van der Waals surface area contributed by atoms with Crippen molar-refractivity contribution in [2.24, 2.45) is 0 Å². The number of hydrogen-bond acceptors (Lipinski definition) is 4. The molecule has 0 unspecified atom stereocenters. The molecule has 3 rings (SSSR count). The highest BCUT2D eigenvalue weighted by Gasteiger charge is 2.39. The van der Waals surface area contributed by atoms with Crippen molar-refractivity contribution in [3.63, 3.8) is 0 Å². The van der Waals surface area contributed by atoms with Crippen molar-refractivity contribution < 1.29 is 19.5 Å². The molecule has 1 saturated heterocycles. The standard InChI is InChI=1S/C19H18N2O4/c1-11-3-4-12(2)15(9-11)20-16-10-17(22)21(18(16)23)14-7-5-13(6-8-14)19(24)25/h3-9,16,20H,10H2,1-2H3,(H,24,25)/t16-/m0/s1. The molecule has 25 heavy (non-hydrogen) atoms. The van der Waals surface area contributed by atoms with Gasteiger partial charge in [-0.2, -0.15) is 0 Å². The smallest absolute Gasteiger partial charge is 0.335 e. The first-order chi connectivity index (χ1) is 11.9. The van der Waals surface area contributed by atoms with Crippen LogP contribution in [0.2, 0.25) is 0 Å². The Morgan fingerprint density at radius 1 is 1.12 bits per heavy atom. The normalized spacial score (nSPS) is 17.0. The van der Waals surface area contributed by atoms with Crippen LogP contribution in [-0.4, -0.2) is 28.9 Å². The summed E-state index contributed by atoms with van der Waals surface area (Å²) >= 11 is 0. The lowest BCUT2D eigenvalue weighted by atomic mass is 10.1. The molecule has 0 radical (unpaired) electrons. The van der Waals surface area contributed by atoms with Gasteiger partial charge in [0, 0.05) is 5.69 Å². The molecule has 128 valence electrons. The third kappa shape index (κ3) is 3.24. The first-order valence-electron chi connectivity index (χ1n) is 7.91. The van der Waals surface area contributed by atoms with E-state index in [0.29, 0.717) is 5.69 Å². The molecule has 1 aliphatic rings. The van der Waals surface area contributed by atoms with Crippen molar-refractivity contribution in [2.45, 2.75) is 26.3 Å². The van der Waals surface area contributed by atoms with Gasteiger partial charge in [-0.15, -0.1) is 0 Å². The molecule has 1 fully saturated rings. The van der Waals surface area contributed by atoms with Gasteiger partial charge in [-0.25, -0.2) is 9.69 Å². The summed E-state index contributed by atoms with van der Waals surface area (Å²) < 4.78 is 0. The molecule has 1 aliphatic heterocycles. The zero-order valence-electron chi connectivity index (χ0n) is 13.9. The largest absolute Gasteiger partial charge is 0.478 e. The fourth-order valence-electron chi connectivity index (χ4n) is 2.85. The van der Waals surface area contributed by atoms with Crippen molar-refractivity contribution in [1.29, 1.82) is 0 Å². The molecule has 2 aromatic carbocycles.